The normalized spacial score (nSPS) is 11.4. The van der Waals surface area contributed by atoms with E-state index in [9.17, 15) is 4.79 Å². The van der Waals surface area contributed by atoms with Crippen molar-refractivity contribution in [2.45, 2.75) is 47.2 Å². The molecule has 0 bridgehead atoms. The summed E-state index contributed by atoms with van der Waals surface area (Å²) in [6, 6.07) is 12.2. The summed E-state index contributed by atoms with van der Waals surface area (Å²) in [5.41, 5.74) is 2.41. The summed E-state index contributed by atoms with van der Waals surface area (Å²) < 4.78 is 0. The summed E-state index contributed by atoms with van der Waals surface area (Å²) in [5, 5.41) is 5.78. The van der Waals surface area contributed by atoms with Crippen LogP contribution in [-0.2, 0) is 13.1 Å². The first-order chi connectivity index (χ1) is 13.9. The highest BCUT2D eigenvalue weighted by Crippen LogP contribution is 2.21. The lowest BCUT2D eigenvalue weighted by molar-refractivity contribution is 0.102. The van der Waals surface area contributed by atoms with E-state index in [1.54, 1.807) is 11.3 Å². The van der Waals surface area contributed by atoms with E-state index in [0.29, 0.717) is 11.6 Å². The third-order valence-electron chi connectivity index (χ3n) is 4.62. The minimum atomic E-state index is -0.152. The van der Waals surface area contributed by atoms with E-state index in [2.05, 4.69) is 48.1 Å². The number of nitrogens with zero attached hydrogens (tertiary/aromatic N) is 2. The Kier molecular flexibility index (Phi) is 7.58. The molecule has 0 unspecified atom stereocenters. The molecule has 29 heavy (non-hydrogen) atoms. The fourth-order valence-corrected chi connectivity index (χ4v) is 4.79. The number of thiazole rings is 1. The van der Waals surface area contributed by atoms with Crippen molar-refractivity contribution in [2.24, 2.45) is 5.92 Å². The number of anilines is 1. The fourth-order valence-electron chi connectivity index (χ4n) is 3.04. The lowest BCUT2D eigenvalue weighted by Crippen LogP contribution is -2.24. The predicted octanol–water partition coefficient (Wildman–Crippen LogP) is 6.12. The molecule has 1 aromatic carbocycles. The minimum absolute atomic E-state index is 0.152. The topological polar surface area (TPSA) is 45.2 Å². The van der Waals surface area contributed by atoms with E-state index in [4.69, 9.17) is 0 Å². The zero-order valence-corrected chi connectivity index (χ0v) is 19.2. The quantitative estimate of drug-likeness (QED) is 0.447. The van der Waals surface area contributed by atoms with Crippen molar-refractivity contribution in [1.29, 1.82) is 0 Å². The number of aromatic nitrogens is 1. The number of carbonyl (C=O) groups is 1. The van der Waals surface area contributed by atoms with Crippen LogP contribution < -0.4 is 5.32 Å². The third kappa shape index (κ3) is 6.77. The molecule has 0 saturated carbocycles. The molecule has 0 saturated heterocycles. The summed E-state index contributed by atoms with van der Waals surface area (Å²) in [4.78, 5) is 22.3. The Bertz CT molecular complexity index is 945. The molecule has 6 heteroatoms. The largest absolute Gasteiger partial charge is 0.321 e. The van der Waals surface area contributed by atoms with Crippen LogP contribution in [0.4, 0.5) is 5.69 Å². The minimum Gasteiger partial charge on any atom is -0.321 e. The van der Waals surface area contributed by atoms with Crippen molar-refractivity contribution in [3.05, 3.63) is 67.8 Å². The van der Waals surface area contributed by atoms with Gasteiger partial charge in [-0.05, 0) is 62.6 Å². The Balaban J connectivity index is 1.65. The fraction of sp³-hybridized carbons (Fsp3) is 0.391. The van der Waals surface area contributed by atoms with Crippen molar-refractivity contribution in [2.75, 3.05) is 11.9 Å². The molecule has 2 aromatic heterocycles. The molecule has 0 radical (unpaired) electrons. The molecular weight excluding hydrogens is 398 g/mol. The number of hydrogen-bond donors (Lipinski definition) is 1. The summed E-state index contributed by atoms with van der Waals surface area (Å²) in [5.74, 6) is 0.509. The Hall–Kier alpha value is -2.02. The van der Waals surface area contributed by atoms with Crippen molar-refractivity contribution < 1.29 is 4.79 Å². The monoisotopic (exact) mass is 427 g/mol. The molecule has 0 fully saturated rings. The van der Waals surface area contributed by atoms with Crippen LogP contribution in [0.2, 0.25) is 0 Å². The second-order valence-corrected chi connectivity index (χ2v) is 10.2. The van der Waals surface area contributed by atoms with Crippen molar-refractivity contribution >= 4 is 34.3 Å². The van der Waals surface area contributed by atoms with Crippen LogP contribution in [0.3, 0.4) is 0 Å². The van der Waals surface area contributed by atoms with Gasteiger partial charge in [0.05, 0.1) is 6.54 Å². The molecule has 0 aliphatic carbocycles. The molecule has 0 aliphatic rings. The molecule has 1 N–H and O–H groups in total. The van der Waals surface area contributed by atoms with Crippen molar-refractivity contribution in [1.82, 2.24) is 9.88 Å². The molecule has 2 heterocycles. The van der Waals surface area contributed by atoms with Gasteiger partial charge in [0.2, 0.25) is 0 Å². The highest BCUT2D eigenvalue weighted by molar-refractivity contribution is 7.11. The van der Waals surface area contributed by atoms with Gasteiger partial charge in [-0.1, -0.05) is 26.0 Å². The number of carbonyl (C=O) groups excluding carboxylic acids is 1. The Morgan fingerprint density at radius 2 is 2.00 bits per heavy atom. The summed E-state index contributed by atoms with van der Waals surface area (Å²) in [6.07, 6.45) is 1.15. The van der Waals surface area contributed by atoms with E-state index in [1.807, 2.05) is 47.9 Å². The Morgan fingerprint density at radius 3 is 2.69 bits per heavy atom. The standard InChI is InChI=1S/C23H29N3OS2/c1-16(2)10-11-26(13-20-9-8-18(4)29-20)14-22-25-21(15-28-22)23(27)24-19-7-5-6-17(3)12-19/h5-9,12,15-16H,10-11,13-14H2,1-4H3,(H,24,27). The molecule has 3 rings (SSSR count). The summed E-state index contributed by atoms with van der Waals surface area (Å²) >= 11 is 3.41. The summed E-state index contributed by atoms with van der Waals surface area (Å²) in [6.45, 7) is 11.4. The number of amides is 1. The van der Waals surface area contributed by atoms with E-state index >= 15 is 0 Å². The number of rotatable bonds is 9. The van der Waals surface area contributed by atoms with Gasteiger partial charge in [0.15, 0.2) is 0 Å². The maximum atomic E-state index is 12.6. The van der Waals surface area contributed by atoms with Crippen LogP contribution in [0.15, 0.2) is 41.8 Å². The predicted molar refractivity (Wildman–Crippen MR) is 124 cm³/mol. The SMILES string of the molecule is Cc1cccc(NC(=O)c2csc(CN(CCC(C)C)Cc3ccc(C)s3)n2)c1. The highest BCUT2D eigenvalue weighted by Gasteiger charge is 2.15. The molecule has 154 valence electrons. The molecule has 0 aliphatic heterocycles. The second kappa shape index (κ2) is 10.1. The lowest BCUT2D eigenvalue weighted by Gasteiger charge is -2.21. The van der Waals surface area contributed by atoms with Gasteiger partial charge in [-0.25, -0.2) is 4.98 Å². The third-order valence-corrected chi connectivity index (χ3v) is 6.44. The first-order valence-electron chi connectivity index (χ1n) is 9.99. The van der Waals surface area contributed by atoms with Crippen molar-refractivity contribution in [3.8, 4) is 0 Å². The van der Waals surface area contributed by atoms with Crippen LogP contribution in [0, 0.1) is 19.8 Å². The number of benzene rings is 1. The van der Waals surface area contributed by atoms with Gasteiger partial charge in [0, 0.05) is 27.4 Å². The van der Waals surface area contributed by atoms with Gasteiger partial charge < -0.3 is 5.32 Å². The van der Waals surface area contributed by atoms with Crippen LogP contribution in [0.25, 0.3) is 0 Å². The molecule has 3 aromatic rings. The number of nitrogens with one attached hydrogen (secondary N) is 1. The highest BCUT2D eigenvalue weighted by atomic mass is 32.1. The average molecular weight is 428 g/mol. The zero-order valence-electron chi connectivity index (χ0n) is 17.6. The van der Waals surface area contributed by atoms with Gasteiger partial charge >= 0.3 is 0 Å². The first-order valence-corrected chi connectivity index (χ1v) is 11.7. The van der Waals surface area contributed by atoms with E-state index in [1.165, 1.54) is 9.75 Å². The van der Waals surface area contributed by atoms with Gasteiger partial charge in [-0.2, -0.15) is 0 Å². The Morgan fingerprint density at radius 1 is 1.17 bits per heavy atom. The molecule has 0 atom stereocenters. The van der Waals surface area contributed by atoms with Gasteiger partial charge in [0.25, 0.3) is 5.91 Å². The maximum Gasteiger partial charge on any atom is 0.275 e. The average Bonchev–Trinajstić information content (AvgIpc) is 3.29. The number of aryl methyl sites for hydroxylation is 2. The smallest absolute Gasteiger partial charge is 0.275 e. The Labute approximate surface area is 181 Å². The van der Waals surface area contributed by atoms with Crippen LogP contribution in [0.1, 0.15) is 51.1 Å². The van der Waals surface area contributed by atoms with Crippen molar-refractivity contribution in [3.63, 3.8) is 0 Å². The molecule has 0 spiro atoms. The zero-order chi connectivity index (χ0) is 20.8. The summed E-state index contributed by atoms with van der Waals surface area (Å²) in [7, 11) is 0. The number of hydrogen-bond acceptors (Lipinski definition) is 5. The molecule has 1 amide bonds. The van der Waals surface area contributed by atoms with Crippen LogP contribution >= 0.6 is 22.7 Å². The second-order valence-electron chi connectivity index (χ2n) is 7.86. The molecular formula is C23H29N3OS2. The first kappa shape index (κ1) is 21.7. The van der Waals surface area contributed by atoms with E-state index in [-0.39, 0.29) is 5.91 Å². The van der Waals surface area contributed by atoms with Crippen LogP contribution in [0.5, 0.6) is 0 Å². The maximum absolute atomic E-state index is 12.6. The van der Waals surface area contributed by atoms with E-state index in [0.717, 1.165) is 42.3 Å². The van der Waals surface area contributed by atoms with Gasteiger partial charge in [0.1, 0.15) is 10.7 Å². The number of thiophene rings is 1. The van der Waals surface area contributed by atoms with Gasteiger partial charge in [-0.3, -0.25) is 9.69 Å². The molecule has 4 nitrogen and oxygen atoms in total. The van der Waals surface area contributed by atoms with Crippen LogP contribution in [-0.4, -0.2) is 22.3 Å². The van der Waals surface area contributed by atoms with Gasteiger partial charge in [-0.15, -0.1) is 22.7 Å². The lowest BCUT2D eigenvalue weighted by atomic mass is 10.1. The van der Waals surface area contributed by atoms with E-state index < -0.39 is 0 Å².